The molecule has 2 saturated heterocycles. The fourth-order valence-corrected chi connectivity index (χ4v) is 5.27. The third-order valence-corrected chi connectivity index (χ3v) is 6.67. The van der Waals surface area contributed by atoms with Crippen LogP contribution in [0.15, 0.2) is 0 Å². The van der Waals surface area contributed by atoms with Crippen molar-refractivity contribution in [2.24, 2.45) is 11.8 Å². The van der Waals surface area contributed by atoms with Crippen LogP contribution in [0.2, 0.25) is 0 Å². The van der Waals surface area contributed by atoms with E-state index in [0.717, 1.165) is 12.2 Å². The van der Waals surface area contributed by atoms with Crippen molar-refractivity contribution in [3.63, 3.8) is 0 Å². The zero-order chi connectivity index (χ0) is 14.1. The Kier molecular flexibility index (Phi) is 4.61. The molecule has 1 aliphatic carbocycles. The van der Waals surface area contributed by atoms with E-state index in [0.29, 0.717) is 30.0 Å². The second kappa shape index (κ2) is 6.27. The first kappa shape index (κ1) is 14.7. The number of carbonyl (C=O) groups excluding carboxylic acids is 1. The summed E-state index contributed by atoms with van der Waals surface area (Å²) in [6, 6.07) is 0.552. The Balaban J connectivity index is 1.79. The van der Waals surface area contributed by atoms with E-state index in [2.05, 4.69) is 24.1 Å². The van der Waals surface area contributed by atoms with E-state index in [-0.39, 0.29) is 6.04 Å². The van der Waals surface area contributed by atoms with Crippen LogP contribution in [0, 0.1) is 11.8 Å². The van der Waals surface area contributed by atoms with Gasteiger partial charge in [-0.3, -0.25) is 10.1 Å². The van der Waals surface area contributed by atoms with Crippen LogP contribution in [0.5, 0.6) is 0 Å². The van der Waals surface area contributed by atoms with Gasteiger partial charge < -0.3 is 4.90 Å². The Morgan fingerprint density at radius 3 is 2.70 bits per heavy atom. The topological polar surface area (TPSA) is 32.3 Å². The molecule has 1 amide bonds. The van der Waals surface area contributed by atoms with Gasteiger partial charge in [-0.1, -0.05) is 33.1 Å². The molecule has 1 saturated carbocycles. The largest absolute Gasteiger partial charge is 0.322 e. The summed E-state index contributed by atoms with van der Waals surface area (Å²) in [5.74, 6) is 3.90. The van der Waals surface area contributed by atoms with E-state index in [4.69, 9.17) is 0 Å². The number of nitrogens with zero attached hydrogens (tertiary/aromatic N) is 1. The number of carbonyl (C=O) groups is 1. The molecule has 0 bridgehead atoms. The molecule has 0 spiro atoms. The smallest absolute Gasteiger partial charge is 0.241 e. The van der Waals surface area contributed by atoms with Crippen molar-refractivity contribution >= 4 is 17.7 Å². The molecule has 3 fully saturated rings. The summed E-state index contributed by atoms with van der Waals surface area (Å²) in [6.07, 6.45) is 7.88. The first-order valence-electron chi connectivity index (χ1n) is 8.38. The molecular weight excluding hydrogens is 268 g/mol. The van der Waals surface area contributed by atoms with Gasteiger partial charge in [-0.25, -0.2) is 0 Å². The summed E-state index contributed by atoms with van der Waals surface area (Å²) < 4.78 is 0. The fourth-order valence-electron chi connectivity index (χ4n) is 4.06. The van der Waals surface area contributed by atoms with E-state index in [1.807, 2.05) is 11.8 Å². The lowest BCUT2D eigenvalue weighted by atomic mass is 9.99. The van der Waals surface area contributed by atoms with Crippen LogP contribution in [-0.2, 0) is 4.79 Å². The molecule has 20 heavy (non-hydrogen) atoms. The van der Waals surface area contributed by atoms with Gasteiger partial charge in [0.15, 0.2) is 0 Å². The Morgan fingerprint density at radius 1 is 1.35 bits per heavy atom. The lowest BCUT2D eigenvalue weighted by molar-refractivity contribution is -0.133. The van der Waals surface area contributed by atoms with Gasteiger partial charge in [0.25, 0.3) is 0 Å². The number of hydrogen-bond acceptors (Lipinski definition) is 3. The highest BCUT2D eigenvalue weighted by atomic mass is 32.2. The first-order chi connectivity index (χ1) is 9.72. The minimum atomic E-state index is 0.0659. The van der Waals surface area contributed by atoms with Crippen LogP contribution in [0.4, 0.5) is 0 Å². The van der Waals surface area contributed by atoms with Gasteiger partial charge in [-0.15, -0.1) is 0 Å². The van der Waals surface area contributed by atoms with Gasteiger partial charge in [-0.2, -0.15) is 11.8 Å². The number of nitrogens with one attached hydrogen (secondary N) is 1. The van der Waals surface area contributed by atoms with E-state index in [1.165, 1.54) is 37.9 Å². The average Bonchev–Trinajstić information content (AvgIpc) is 3.17. The van der Waals surface area contributed by atoms with Crippen LogP contribution in [0.25, 0.3) is 0 Å². The average molecular weight is 296 g/mol. The number of amides is 1. The van der Waals surface area contributed by atoms with Crippen LogP contribution >= 0.6 is 11.8 Å². The van der Waals surface area contributed by atoms with Crippen molar-refractivity contribution < 1.29 is 4.79 Å². The predicted molar refractivity (Wildman–Crippen MR) is 84.7 cm³/mol. The number of hydrogen-bond donors (Lipinski definition) is 1. The lowest BCUT2D eigenvalue weighted by Crippen LogP contribution is -2.48. The molecule has 2 heterocycles. The maximum absolute atomic E-state index is 12.9. The maximum Gasteiger partial charge on any atom is 0.241 e. The van der Waals surface area contributed by atoms with Gasteiger partial charge in [0.2, 0.25) is 5.91 Å². The molecule has 0 aromatic carbocycles. The zero-order valence-electron chi connectivity index (χ0n) is 12.8. The minimum absolute atomic E-state index is 0.0659. The second-order valence-electron chi connectivity index (χ2n) is 6.78. The maximum atomic E-state index is 12.9. The van der Waals surface area contributed by atoms with Crippen LogP contribution in [0.1, 0.15) is 52.4 Å². The predicted octanol–water partition coefficient (Wildman–Crippen LogP) is 2.85. The molecule has 3 rings (SSSR count). The van der Waals surface area contributed by atoms with E-state index in [9.17, 15) is 4.79 Å². The number of thioether (sulfide) groups is 1. The third-order valence-electron chi connectivity index (χ3n) is 5.53. The molecule has 4 unspecified atom stereocenters. The molecule has 3 nitrogen and oxygen atoms in total. The van der Waals surface area contributed by atoms with Crippen molar-refractivity contribution in [3.8, 4) is 0 Å². The van der Waals surface area contributed by atoms with Crippen molar-refractivity contribution in [1.82, 2.24) is 10.2 Å². The quantitative estimate of drug-likeness (QED) is 0.866. The lowest BCUT2D eigenvalue weighted by Gasteiger charge is -2.33. The van der Waals surface area contributed by atoms with Crippen molar-refractivity contribution in [3.05, 3.63) is 0 Å². The van der Waals surface area contributed by atoms with Gasteiger partial charge in [-0.05, 0) is 36.9 Å². The van der Waals surface area contributed by atoms with Gasteiger partial charge in [0, 0.05) is 11.8 Å². The summed E-state index contributed by atoms with van der Waals surface area (Å²) in [7, 11) is 0. The third kappa shape index (κ3) is 2.61. The molecule has 114 valence electrons. The molecule has 4 atom stereocenters. The highest BCUT2D eigenvalue weighted by Gasteiger charge is 2.47. The Labute approximate surface area is 127 Å². The summed E-state index contributed by atoms with van der Waals surface area (Å²) in [6.45, 7) is 4.41. The van der Waals surface area contributed by atoms with Crippen LogP contribution < -0.4 is 5.32 Å². The molecule has 0 aromatic rings. The summed E-state index contributed by atoms with van der Waals surface area (Å²) in [5, 5.41) is 3.73. The molecular formula is C16H28N2OS. The van der Waals surface area contributed by atoms with E-state index < -0.39 is 0 Å². The van der Waals surface area contributed by atoms with Crippen molar-refractivity contribution in [2.75, 3.05) is 11.5 Å². The van der Waals surface area contributed by atoms with E-state index >= 15 is 0 Å². The SMILES string of the molecule is CCC(C)C1NC(C2CCCC2)N(C2CCSC2)C1=O. The minimum Gasteiger partial charge on any atom is -0.322 e. The van der Waals surface area contributed by atoms with Gasteiger partial charge in [0.1, 0.15) is 0 Å². The van der Waals surface area contributed by atoms with Gasteiger partial charge >= 0.3 is 0 Å². The van der Waals surface area contributed by atoms with Gasteiger partial charge in [0.05, 0.1) is 12.2 Å². The Morgan fingerprint density at radius 2 is 2.10 bits per heavy atom. The molecule has 0 radical (unpaired) electrons. The molecule has 1 N–H and O–H groups in total. The highest BCUT2D eigenvalue weighted by molar-refractivity contribution is 7.99. The standard InChI is InChI=1S/C16H28N2OS/c1-3-11(2)14-16(19)18(13-8-9-20-10-13)15(17-14)12-6-4-5-7-12/h11-15,17H,3-10H2,1-2H3. The second-order valence-corrected chi connectivity index (χ2v) is 7.93. The van der Waals surface area contributed by atoms with E-state index in [1.54, 1.807) is 0 Å². The van der Waals surface area contributed by atoms with Crippen LogP contribution in [0.3, 0.4) is 0 Å². The zero-order valence-corrected chi connectivity index (χ0v) is 13.6. The van der Waals surface area contributed by atoms with Crippen molar-refractivity contribution in [2.45, 2.75) is 70.6 Å². The molecule has 4 heteroatoms. The highest BCUT2D eigenvalue weighted by Crippen LogP contribution is 2.36. The Bertz CT molecular complexity index is 350. The Hall–Kier alpha value is -0.220. The normalized spacial score (nSPS) is 37.0. The molecule has 3 aliphatic rings. The monoisotopic (exact) mass is 296 g/mol. The summed E-state index contributed by atoms with van der Waals surface area (Å²) in [5.41, 5.74) is 0. The first-order valence-corrected chi connectivity index (χ1v) is 9.53. The fraction of sp³-hybridized carbons (Fsp3) is 0.938. The summed E-state index contributed by atoms with van der Waals surface area (Å²) >= 11 is 2.01. The molecule has 0 aromatic heterocycles. The number of rotatable bonds is 4. The van der Waals surface area contributed by atoms with Crippen molar-refractivity contribution in [1.29, 1.82) is 0 Å². The van der Waals surface area contributed by atoms with Crippen LogP contribution in [-0.4, -0.2) is 40.6 Å². The summed E-state index contributed by atoms with van der Waals surface area (Å²) in [4.78, 5) is 15.2. The molecule has 2 aliphatic heterocycles.